The lowest BCUT2D eigenvalue weighted by Crippen LogP contribution is -2.34. The van der Waals surface area contributed by atoms with Gasteiger partial charge in [-0.3, -0.25) is 0 Å². The fraction of sp³-hybridized carbons (Fsp3) is 1.00. The number of hydrogen-bond acceptors (Lipinski definition) is 1. The van der Waals surface area contributed by atoms with Crippen molar-refractivity contribution in [3.63, 3.8) is 0 Å². The van der Waals surface area contributed by atoms with Crippen molar-refractivity contribution in [2.24, 2.45) is 11.8 Å². The maximum Gasteiger partial charge on any atom is 0.0571 e. The highest BCUT2D eigenvalue weighted by Crippen LogP contribution is 2.40. The molecule has 2 unspecified atom stereocenters. The van der Waals surface area contributed by atoms with Gasteiger partial charge in [0.15, 0.2) is 0 Å². The first-order valence-electron chi connectivity index (χ1n) is 5.06. The summed E-state index contributed by atoms with van der Waals surface area (Å²) in [5, 5.41) is 9.70. The van der Waals surface area contributed by atoms with Gasteiger partial charge in [-0.15, -0.1) is 0 Å². The summed E-state index contributed by atoms with van der Waals surface area (Å²) in [5.74, 6) is 1.56. The number of rotatable bonds is 0. The van der Waals surface area contributed by atoms with Crippen molar-refractivity contribution in [2.45, 2.75) is 51.0 Å². The van der Waals surface area contributed by atoms with E-state index in [4.69, 9.17) is 0 Å². The summed E-state index contributed by atoms with van der Waals surface area (Å²) in [6.45, 7) is 0. The molecule has 0 aromatic rings. The molecule has 11 heavy (non-hydrogen) atoms. The first kappa shape index (κ1) is 7.60. The summed E-state index contributed by atoms with van der Waals surface area (Å²) < 4.78 is 0. The van der Waals surface area contributed by atoms with Crippen LogP contribution in [0.25, 0.3) is 0 Å². The van der Waals surface area contributed by atoms with Crippen LogP contribution >= 0.6 is 0 Å². The van der Waals surface area contributed by atoms with Crippen LogP contribution in [0.4, 0.5) is 0 Å². The Labute approximate surface area is 68.8 Å². The minimum absolute atomic E-state index is 0.0500. The van der Waals surface area contributed by atoms with E-state index in [0.717, 1.165) is 12.3 Å². The van der Waals surface area contributed by atoms with Crippen LogP contribution in [0.5, 0.6) is 0 Å². The quantitative estimate of drug-likeness (QED) is 0.568. The molecule has 1 heteroatoms. The van der Waals surface area contributed by atoms with E-state index < -0.39 is 0 Å². The standard InChI is InChI=1S/C10H18O/c11-10-7-3-5-8-4-1-2-6-9(8)10/h8-11H,1-7H2/t8?,9?,10-/m0/s1. The Morgan fingerprint density at radius 2 is 1.55 bits per heavy atom. The highest BCUT2D eigenvalue weighted by molar-refractivity contribution is 4.84. The summed E-state index contributed by atoms with van der Waals surface area (Å²) in [6.07, 6.45) is 9.24. The molecule has 64 valence electrons. The van der Waals surface area contributed by atoms with Crippen LogP contribution in [0, 0.1) is 11.8 Å². The lowest BCUT2D eigenvalue weighted by atomic mass is 9.69. The molecule has 0 aliphatic heterocycles. The third kappa shape index (κ3) is 1.44. The molecular formula is C10H18O. The maximum absolute atomic E-state index is 9.70. The second-order valence-corrected chi connectivity index (χ2v) is 4.21. The predicted molar refractivity (Wildman–Crippen MR) is 45.3 cm³/mol. The van der Waals surface area contributed by atoms with E-state index in [1.54, 1.807) is 0 Å². The zero-order chi connectivity index (χ0) is 7.68. The first-order chi connectivity index (χ1) is 5.38. The Morgan fingerprint density at radius 1 is 0.818 bits per heavy atom. The van der Waals surface area contributed by atoms with Crippen molar-refractivity contribution in [3.05, 3.63) is 0 Å². The first-order valence-corrected chi connectivity index (χ1v) is 5.06. The molecule has 1 N–H and O–H groups in total. The molecule has 0 heterocycles. The largest absolute Gasteiger partial charge is 0.393 e. The molecule has 0 spiro atoms. The SMILES string of the molecule is O[C@H]1CCCC2CCCCC21. The van der Waals surface area contributed by atoms with E-state index in [-0.39, 0.29) is 6.10 Å². The van der Waals surface area contributed by atoms with Gasteiger partial charge in [-0.1, -0.05) is 25.7 Å². The molecule has 1 nitrogen and oxygen atoms in total. The van der Waals surface area contributed by atoms with Crippen LogP contribution in [0.1, 0.15) is 44.9 Å². The second-order valence-electron chi connectivity index (χ2n) is 4.21. The fourth-order valence-corrected chi connectivity index (χ4v) is 2.90. The monoisotopic (exact) mass is 154 g/mol. The third-order valence-corrected chi connectivity index (χ3v) is 3.54. The molecule has 0 radical (unpaired) electrons. The van der Waals surface area contributed by atoms with Crippen LogP contribution in [0.15, 0.2) is 0 Å². The lowest BCUT2D eigenvalue weighted by Gasteiger charge is -2.38. The molecule has 0 amide bonds. The van der Waals surface area contributed by atoms with Crippen LogP contribution in [0.2, 0.25) is 0 Å². The van der Waals surface area contributed by atoms with Crippen molar-refractivity contribution in [2.75, 3.05) is 0 Å². The fourth-order valence-electron chi connectivity index (χ4n) is 2.90. The van der Waals surface area contributed by atoms with E-state index in [0.29, 0.717) is 5.92 Å². The van der Waals surface area contributed by atoms with Gasteiger partial charge >= 0.3 is 0 Å². The van der Waals surface area contributed by atoms with Crippen LogP contribution in [0.3, 0.4) is 0 Å². The van der Waals surface area contributed by atoms with Crippen molar-refractivity contribution in [1.82, 2.24) is 0 Å². The molecule has 0 aromatic carbocycles. The average Bonchev–Trinajstić information content (AvgIpc) is 2.06. The molecule has 3 atom stereocenters. The number of hydrogen-bond donors (Lipinski definition) is 1. The van der Waals surface area contributed by atoms with Gasteiger partial charge in [0.25, 0.3) is 0 Å². The van der Waals surface area contributed by atoms with Crippen LogP contribution in [-0.4, -0.2) is 11.2 Å². The van der Waals surface area contributed by atoms with Gasteiger partial charge in [0.05, 0.1) is 6.10 Å². The minimum atomic E-state index is 0.0500. The maximum atomic E-state index is 9.70. The summed E-state index contributed by atoms with van der Waals surface area (Å²) in [6, 6.07) is 0. The van der Waals surface area contributed by atoms with Gasteiger partial charge in [-0.2, -0.15) is 0 Å². The number of aliphatic hydroxyl groups is 1. The summed E-state index contributed by atoms with van der Waals surface area (Å²) in [7, 11) is 0. The Bertz CT molecular complexity index is 131. The zero-order valence-electron chi connectivity index (χ0n) is 7.13. The Hall–Kier alpha value is -0.0400. The van der Waals surface area contributed by atoms with Gasteiger partial charge < -0.3 is 5.11 Å². The highest BCUT2D eigenvalue weighted by atomic mass is 16.3. The van der Waals surface area contributed by atoms with Crippen molar-refractivity contribution < 1.29 is 5.11 Å². The number of fused-ring (bicyclic) bond motifs is 1. The molecule has 0 saturated heterocycles. The molecular weight excluding hydrogens is 136 g/mol. The van der Waals surface area contributed by atoms with Crippen molar-refractivity contribution in [1.29, 1.82) is 0 Å². The molecule has 2 fully saturated rings. The van der Waals surface area contributed by atoms with Crippen molar-refractivity contribution >= 4 is 0 Å². The van der Waals surface area contributed by atoms with Gasteiger partial charge in [0, 0.05) is 0 Å². The summed E-state index contributed by atoms with van der Waals surface area (Å²) in [4.78, 5) is 0. The smallest absolute Gasteiger partial charge is 0.0571 e. The third-order valence-electron chi connectivity index (χ3n) is 3.54. The molecule has 0 bridgehead atoms. The Balaban J connectivity index is 1.99. The number of aliphatic hydroxyl groups excluding tert-OH is 1. The van der Waals surface area contributed by atoms with Gasteiger partial charge in [-0.25, -0.2) is 0 Å². The van der Waals surface area contributed by atoms with Gasteiger partial charge in [0.1, 0.15) is 0 Å². The van der Waals surface area contributed by atoms with Crippen LogP contribution in [-0.2, 0) is 0 Å². The van der Waals surface area contributed by atoms with E-state index >= 15 is 0 Å². The van der Waals surface area contributed by atoms with Crippen LogP contribution < -0.4 is 0 Å². The summed E-state index contributed by atoms with van der Waals surface area (Å²) in [5.41, 5.74) is 0. The van der Waals surface area contributed by atoms with Gasteiger partial charge in [-0.05, 0) is 31.1 Å². The lowest BCUT2D eigenvalue weighted by molar-refractivity contribution is 0.0105. The molecule has 2 saturated carbocycles. The highest BCUT2D eigenvalue weighted by Gasteiger charge is 2.33. The second kappa shape index (κ2) is 3.14. The van der Waals surface area contributed by atoms with E-state index in [1.165, 1.54) is 38.5 Å². The zero-order valence-corrected chi connectivity index (χ0v) is 7.13. The molecule has 2 rings (SSSR count). The minimum Gasteiger partial charge on any atom is -0.393 e. The average molecular weight is 154 g/mol. The Kier molecular flexibility index (Phi) is 2.17. The normalized spacial score (nSPS) is 45.0. The topological polar surface area (TPSA) is 20.2 Å². The van der Waals surface area contributed by atoms with E-state index in [2.05, 4.69) is 0 Å². The van der Waals surface area contributed by atoms with E-state index in [9.17, 15) is 5.11 Å². The predicted octanol–water partition coefficient (Wildman–Crippen LogP) is 2.34. The van der Waals surface area contributed by atoms with Gasteiger partial charge in [0.2, 0.25) is 0 Å². The van der Waals surface area contributed by atoms with Crippen molar-refractivity contribution in [3.8, 4) is 0 Å². The molecule has 0 aromatic heterocycles. The Morgan fingerprint density at radius 3 is 2.36 bits per heavy atom. The molecule has 2 aliphatic rings. The molecule has 2 aliphatic carbocycles. The van der Waals surface area contributed by atoms with E-state index in [1.807, 2.05) is 0 Å². The summed E-state index contributed by atoms with van der Waals surface area (Å²) >= 11 is 0.